The van der Waals surface area contributed by atoms with E-state index in [-0.39, 0.29) is 20.8 Å². The number of hydrogen-bond acceptors (Lipinski definition) is 3. The van der Waals surface area contributed by atoms with Crippen LogP contribution in [0.15, 0.2) is 47.4 Å². The Bertz CT molecular complexity index is 844. The molecule has 0 fully saturated rings. The average Bonchev–Trinajstić information content (AvgIpc) is 2.55. The minimum absolute atomic E-state index is 0.0340. The molecule has 2 rings (SSSR count). The van der Waals surface area contributed by atoms with E-state index in [0.717, 1.165) is 0 Å². The Morgan fingerprint density at radius 3 is 2.00 bits per heavy atom. The molecule has 2 aromatic rings. The first kappa shape index (κ1) is 19.6. The minimum Gasteiger partial charge on any atom is -0.339 e. The molecule has 0 aliphatic heterocycles. The first-order chi connectivity index (χ1) is 11.8. The van der Waals surface area contributed by atoms with Crippen LogP contribution in [0, 0.1) is 0 Å². The lowest BCUT2D eigenvalue weighted by molar-refractivity contribution is 0.0773. The quantitative estimate of drug-likeness (QED) is 0.786. The Hall–Kier alpha value is -1.76. The van der Waals surface area contributed by atoms with Crippen molar-refractivity contribution in [1.82, 2.24) is 4.90 Å². The Balaban J connectivity index is 2.21. The molecule has 134 valence electrons. The van der Waals surface area contributed by atoms with Crippen molar-refractivity contribution < 1.29 is 13.2 Å². The number of carbonyl (C=O) groups is 1. The first-order valence-corrected chi connectivity index (χ1v) is 9.89. The van der Waals surface area contributed by atoms with E-state index < -0.39 is 10.0 Å². The number of rotatable bonds is 6. The lowest BCUT2D eigenvalue weighted by Crippen LogP contribution is -2.30. The van der Waals surface area contributed by atoms with Gasteiger partial charge in [-0.2, -0.15) is 0 Å². The van der Waals surface area contributed by atoms with Crippen molar-refractivity contribution in [2.45, 2.75) is 18.7 Å². The summed E-state index contributed by atoms with van der Waals surface area (Å²) in [6.07, 6.45) is 0. The fourth-order valence-corrected chi connectivity index (χ4v) is 4.06. The molecule has 0 spiro atoms. The van der Waals surface area contributed by atoms with E-state index >= 15 is 0 Å². The van der Waals surface area contributed by atoms with Crippen molar-refractivity contribution >= 4 is 44.8 Å². The second-order valence-corrected chi connectivity index (χ2v) is 7.82. The molecule has 0 saturated carbocycles. The van der Waals surface area contributed by atoms with Gasteiger partial charge in [-0.15, -0.1) is 0 Å². The van der Waals surface area contributed by atoms with Gasteiger partial charge in [0.2, 0.25) is 0 Å². The SMILES string of the molecule is CCN(CC)C(=O)c1ccc(NS(=O)(=O)c2cc(Cl)cc(Cl)c2)cc1. The summed E-state index contributed by atoms with van der Waals surface area (Å²) in [6.45, 7) is 5.03. The van der Waals surface area contributed by atoms with Crippen LogP contribution in [0.1, 0.15) is 24.2 Å². The number of amides is 1. The number of nitrogens with one attached hydrogen (secondary N) is 1. The van der Waals surface area contributed by atoms with Crippen molar-refractivity contribution in [3.8, 4) is 0 Å². The van der Waals surface area contributed by atoms with Gasteiger partial charge in [0.25, 0.3) is 15.9 Å². The Kier molecular flexibility index (Phi) is 6.32. The van der Waals surface area contributed by atoms with Gasteiger partial charge >= 0.3 is 0 Å². The fourth-order valence-electron chi connectivity index (χ4n) is 2.27. The highest BCUT2D eigenvalue weighted by Gasteiger charge is 2.17. The van der Waals surface area contributed by atoms with Crippen LogP contribution in [0.5, 0.6) is 0 Å². The molecule has 0 atom stereocenters. The first-order valence-electron chi connectivity index (χ1n) is 7.65. The maximum Gasteiger partial charge on any atom is 0.261 e. The summed E-state index contributed by atoms with van der Waals surface area (Å²) in [5.41, 5.74) is 0.838. The normalized spacial score (nSPS) is 11.2. The van der Waals surface area contributed by atoms with Crippen LogP contribution < -0.4 is 4.72 Å². The molecule has 0 heterocycles. The van der Waals surface area contributed by atoms with Gasteiger partial charge in [-0.05, 0) is 56.3 Å². The molecular formula is C17H18Cl2N2O3S. The van der Waals surface area contributed by atoms with E-state index in [2.05, 4.69) is 4.72 Å². The molecule has 5 nitrogen and oxygen atoms in total. The zero-order valence-electron chi connectivity index (χ0n) is 13.8. The number of sulfonamides is 1. The molecule has 0 unspecified atom stereocenters. The van der Waals surface area contributed by atoms with E-state index in [9.17, 15) is 13.2 Å². The molecule has 2 aromatic carbocycles. The summed E-state index contributed by atoms with van der Waals surface area (Å²) < 4.78 is 27.3. The lowest BCUT2D eigenvalue weighted by atomic mass is 10.2. The Morgan fingerprint density at radius 2 is 1.52 bits per heavy atom. The average molecular weight is 401 g/mol. The van der Waals surface area contributed by atoms with Crippen molar-refractivity contribution in [1.29, 1.82) is 0 Å². The smallest absolute Gasteiger partial charge is 0.261 e. The zero-order valence-corrected chi connectivity index (χ0v) is 16.1. The number of nitrogens with zero attached hydrogens (tertiary/aromatic N) is 1. The second-order valence-electron chi connectivity index (χ2n) is 5.27. The number of carbonyl (C=O) groups excluding carboxylic acids is 1. The van der Waals surface area contributed by atoms with Gasteiger partial charge in [-0.25, -0.2) is 8.42 Å². The van der Waals surface area contributed by atoms with Crippen LogP contribution in [-0.4, -0.2) is 32.3 Å². The molecule has 1 amide bonds. The second kappa shape index (κ2) is 8.08. The largest absolute Gasteiger partial charge is 0.339 e. The highest BCUT2D eigenvalue weighted by molar-refractivity contribution is 7.92. The minimum atomic E-state index is -3.83. The summed E-state index contributed by atoms with van der Waals surface area (Å²) in [6, 6.07) is 10.3. The van der Waals surface area contributed by atoms with Crippen LogP contribution in [-0.2, 0) is 10.0 Å². The monoisotopic (exact) mass is 400 g/mol. The molecule has 1 N–H and O–H groups in total. The molecule has 0 radical (unpaired) electrons. The Labute approximate surface area is 157 Å². The van der Waals surface area contributed by atoms with Gasteiger partial charge in [0.15, 0.2) is 0 Å². The van der Waals surface area contributed by atoms with Gasteiger partial charge in [0.1, 0.15) is 0 Å². The zero-order chi connectivity index (χ0) is 18.6. The molecule has 0 aliphatic carbocycles. The topological polar surface area (TPSA) is 66.5 Å². The van der Waals surface area contributed by atoms with Crippen molar-refractivity contribution in [3.63, 3.8) is 0 Å². The Morgan fingerprint density at radius 1 is 1.00 bits per heavy atom. The molecule has 0 aliphatic rings. The summed E-state index contributed by atoms with van der Waals surface area (Å²) >= 11 is 11.7. The van der Waals surface area contributed by atoms with Crippen LogP contribution in [0.25, 0.3) is 0 Å². The van der Waals surface area contributed by atoms with Gasteiger partial charge in [-0.1, -0.05) is 23.2 Å². The van der Waals surface area contributed by atoms with Crippen molar-refractivity contribution in [2.75, 3.05) is 17.8 Å². The van der Waals surface area contributed by atoms with Crippen LogP contribution in [0.4, 0.5) is 5.69 Å². The van der Waals surface area contributed by atoms with Crippen molar-refractivity contribution in [3.05, 3.63) is 58.1 Å². The van der Waals surface area contributed by atoms with E-state index in [4.69, 9.17) is 23.2 Å². The summed E-state index contributed by atoms with van der Waals surface area (Å²) in [4.78, 5) is 13.9. The van der Waals surface area contributed by atoms with E-state index in [0.29, 0.717) is 24.3 Å². The van der Waals surface area contributed by atoms with Crippen LogP contribution >= 0.6 is 23.2 Å². The molecule has 25 heavy (non-hydrogen) atoms. The molecule has 8 heteroatoms. The fraction of sp³-hybridized carbons (Fsp3) is 0.235. The number of halogens is 2. The maximum atomic E-state index is 12.4. The van der Waals surface area contributed by atoms with E-state index in [1.54, 1.807) is 29.2 Å². The summed E-state index contributed by atoms with van der Waals surface area (Å²) in [5.74, 6) is -0.0963. The third-order valence-corrected chi connectivity index (χ3v) is 5.38. The molecule has 0 aromatic heterocycles. The van der Waals surface area contributed by atoms with Crippen LogP contribution in [0.2, 0.25) is 10.0 Å². The predicted molar refractivity (Wildman–Crippen MR) is 101 cm³/mol. The van der Waals surface area contributed by atoms with Gasteiger partial charge in [0.05, 0.1) is 4.90 Å². The third-order valence-electron chi connectivity index (χ3n) is 3.58. The summed E-state index contributed by atoms with van der Waals surface area (Å²) in [5, 5.41) is 0.459. The van der Waals surface area contributed by atoms with Gasteiger partial charge < -0.3 is 4.90 Å². The highest BCUT2D eigenvalue weighted by Crippen LogP contribution is 2.24. The van der Waals surface area contributed by atoms with Gasteiger partial charge in [0, 0.05) is 34.4 Å². The van der Waals surface area contributed by atoms with E-state index in [1.807, 2.05) is 13.8 Å². The number of hydrogen-bond donors (Lipinski definition) is 1. The third kappa shape index (κ3) is 4.87. The number of anilines is 1. The van der Waals surface area contributed by atoms with E-state index in [1.165, 1.54) is 18.2 Å². The highest BCUT2D eigenvalue weighted by atomic mass is 35.5. The standard InChI is InChI=1S/C17H18Cl2N2O3S/c1-3-21(4-2)17(22)12-5-7-15(8-6-12)20-25(23,24)16-10-13(18)9-14(19)11-16/h5-11,20H,3-4H2,1-2H3. The van der Waals surface area contributed by atoms with Gasteiger partial charge in [-0.3, -0.25) is 9.52 Å². The molecule has 0 bridgehead atoms. The van der Waals surface area contributed by atoms with Crippen LogP contribution in [0.3, 0.4) is 0 Å². The maximum absolute atomic E-state index is 12.4. The lowest BCUT2D eigenvalue weighted by Gasteiger charge is -2.18. The van der Waals surface area contributed by atoms with Crippen molar-refractivity contribution in [2.24, 2.45) is 0 Å². The molecular weight excluding hydrogens is 383 g/mol. The number of benzene rings is 2. The molecule has 0 saturated heterocycles. The summed E-state index contributed by atoms with van der Waals surface area (Å²) in [7, 11) is -3.83. The predicted octanol–water partition coefficient (Wildman–Crippen LogP) is 4.28.